The Morgan fingerprint density at radius 1 is 0.963 bits per heavy atom. The molecule has 0 saturated carbocycles. The van der Waals surface area contributed by atoms with Crippen molar-refractivity contribution in [3.05, 3.63) is 85.4 Å². The van der Waals surface area contributed by atoms with Crippen LogP contribution in [0.4, 0.5) is 0 Å². The molecule has 3 aromatic rings. The first kappa shape index (κ1) is 18.5. The maximum absolute atomic E-state index is 12.3. The molecule has 3 rings (SSSR count). The summed E-state index contributed by atoms with van der Waals surface area (Å²) < 4.78 is 10.6. The van der Waals surface area contributed by atoms with Crippen molar-refractivity contribution >= 4 is 12.2 Å². The first-order valence-electron chi connectivity index (χ1n) is 8.47. The van der Waals surface area contributed by atoms with Crippen LogP contribution in [0.15, 0.2) is 56.9 Å². The number of hydrogen-bond acceptors (Lipinski definition) is 5. The van der Waals surface area contributed by atoms with Gasteiger partial charge in [-0.15, -0.1) is 0 Å². The number of H-pyrrole nitrogens is 2. The minimum atomic E-state index is -0.384. The predicted octanol–water partition coefficient (Wildman–Crippen LogP) is 0.254. The summed E-state index contributed by atoms with van der Waals surface area (Å²) in [5.74, 6) is 0.751. The number of furan rings is 1. The summed E-state index contributed by atoms with van der Waals surface area (Å²) >= 11 is 0. The lowest BCUT2D eigenvalue weighted by atomic mass is 10.2. The highest BCUT2D eigenvalue weighted by molar-refractivity contribution is 5.50. The van der Waals surface area contributed by atoms with E-state index < -0.39 is 0 Å². The van der Waals surface area contributed by atoms with Crippen molar-refractivity contribution in [1.29, 1.82) is 0 Å². The van der Waals surface area contributed by atoms with Gasteiger partial charge < -0.3 is 24.0 Å². The fraction of sp³-hybridized carbons (Fsp3) is 0.200. The lowest BCUT2D eigenvalue weighted by Gasteiger charge is -2.10. The summed E-state index contributed by atoms with van der Waals surface area (Å²) in [5, 5.41) is 0.355. The Kier molecular flexibility index (Phi) is 5.73. The molecule has 0 radical (unpaired) electrons. The molecule has 0 spiro atoms. The fourth-order valence-corrected chi connectivity index (χ4v) is 2.39. The highest BCUT2D eigenvalue weighted by Crippen LogP contribution is 2.12. The van der Waals surface area contributed by atoms with Gasteiger partial charge >= 0.3 is 0 Å². The summed E-state index contributed by atoms with van der Waals surface area (Å²) in [4.78, 5) is 31.7. The second-order valence-electron chi connectivity index (χ2n) is 6.30. The van der Waals surface area contributed by atoms with Gasteiger partial charge in [0.1, 0.15) is 23.1 Å². The average Bonchev–Trinajstić information content (AvgIpc) is 3.13. The Hall–Kier alpha value is -3.32. The van der Waals surface area contributed by atoms with Crippen molar-refractivity contribution in [3.8, 4) is 5.75 Å². The molecule has 0 unspecified atom stereocenters. The molecule has 2 heterocycles. The summed E-state index contributed by atoms with van der Waals surface area (Å²) in [6.07, 6.45) is 6.15. The molecule has 0 saturated heterocycles. The molecule has 2 aromatic heterocycles. The third-order valence-corrected chi connectivity index (χ3v) is 3.84. The van der Waals surface area contributed by atoms with E-state index in [2.05, 4.69) is 9.97 Å². The van der Waals surface area contributed by atoms with Crippen LogP contribution >= 0.6 is 0 Å². The molecule has 0 fully saturated rings. The van der Waals surface area contributed by atoms with Crippen LogP contribution in [0.3, 0.4) is 0 Å². The first-order valence-corrected chi connectivity index (χ1v) is 8.47. The van der Waals surface area contributed by atoms with Crippen LogP contribution in [0, 0.1) is 0 Å². The van der Waals surface area contributed by atoms with E-state index in [1.54, 1.807) is 18.2 Å². The minimum Gasteiger partial charge on any atom is -0.492 e. The highest BCUT2D eigenvalue weighted by Gasteiger charge is 1.99. The third kappa shape index (κ3) is 5.08. The number of nitrogens with one attached hydrogen (secondary N) is 2. The van der Waals surface area contributed by atoms with E-state index in [0.717, 1.165) is 17.9 Å². The number of hydrogen-bond donors (Lipinski definition) is 2. The van der Waals surface area contributed by atoms with Gasteiger partial charge in [0.25, 0.3) is 11.1 Å². The number of likely N-dealkylation sites (N-methyl/N-ethyl adjacent to an activating group) is 1. The van der Waals surface area contributed by atoms with Crippen molar-refractivity contribution in [1.82, 2.24) is 14.9 Å². The number of benzene rings is 1. The Morgan fingerprint density at radius 2 is 1.59 bits per heavy atom. The molecule has 0 amide bonds. The van der Waals surface area contributed by atoms with E-state index in [-0.39, 0.29) is 21.8 Å². The largest absolute Gasteiger partial charge is 0.492 e. The summed E-state index contributed by atoms with van der Waals surface area (Å²) in [7, 11) is 3.97. The standard InChI is InChI=1S/C20H21N3O4/c1-23(2)8-10-27-16-5-3-14(4-6-16)11-17-19(24)22-18(20(25)21-17)12-15-7-9-26-13-15/h3-7,9,11-13H,8,10H2,1-2H3,(H,21,25)(H,22,24). The second-order valence-corrected chi connectivity index (χ2v) is 6.30. The van der Waals surface area contributed by atoms with E-state index in [4.69, 9.17) is 9.15 Å². The van der Waals surface area contributed by atoms with Crippen molar-refractivity contribution < 1.29 is 9.15 Å². The number of ether oxygens (including phenoxy) is 1. The first-order chi connectivity index (χ1) is 13.0. The third-order valence-electron chi connectivity index (χ3n) is 3.84. The van der Waals surface area contributed by atoms with E-state index >= 15 is 0 Å². The van der Waals surface area contributed by atoms with Gasteiger partial charge in [0.15, 0.2) is 0 Å². The second kappa shape index (κ2) is 8.37. The van der Waals surface area contributed by atoms with E-state index in [1.807, 2.05) is 43.3 Å². The molecule has 7 nitrogen and oxygen atoms in total. The van der Waals surface area contributed by atoms with Gasteiger partial charge in [-0.25, -0.2) is 0 Å². The van der Waals surface area contributed by atoms with Crippen LogP contribution in [0.1, 0.15) is 11.1 Å². The molecule has 0 aliphatic carbocycles. The Balaban J connectivity index is 1.84. The molecular formula is C20H21N3O4. The number of rotatable bonds is 6. The topological polar surface area (TPSA) is 91.3 Å². The quantitative estimate of drug-likeness (QED) is 0.652. The van der Waals surface area contributed by atoms with Crippen LogP contribution in [0.25, 0.3) is 12.2 Å². The van der Waals surface area contributed by atoms with Gasteiger partial charge in [-0.2, -0.15) is 0 Å². The van der Waals surface area contributed by atoms with Gasteiger partial charge in [0.05, 0.1) is 12.5 Å². The van der Waals surface area contributed by atoms with Gasteiger partial charge in [-0.05, 0) is 50.0 Å². The molecule has 27 heavy (non-hydrogen) atoms. The van der Waals surface area contributed by atoms with E-state index in [0.29, 0.717) is 12.2 Å². The van der Waals surface area contributed by atoms with Gasteiger partial charge in [-0.1, -0.05) is 12.1 Å². The SMILES string of the molecule is CN(C)CCOc1ccc(C=c2[nH]c(=O)c(=Cc3ccoc3)[nH]c2=O)cc1. The monoisotopic (exact) mass is 367 g/mol. The van der Waals surface area contributed by atoms with Crippen LogP contribution in [0.5, 0.6) is 5.75 Å². The molecule has 0 aliphatic heterocycles. The van der Waals surface area contributed by atoms with Crippen LogP contribution in [0.2, 0.25) is 0 Å². The molecule has 0 bridgehead atoms. The van der Waals surface area contributed by atoms with Crippen LogP contribution in [-0.4, -0.2) is 42.1 Å². The lowest BCUT2D eigenvalue weighted by Crippen LogP contribution is -2.46. The molecule has 140 valence electrons. The molecule has 7 heteroatoms. The molecule has 0 atom stereocenters. The zero-order valence-electron chi connectivity index (χ0n) is 15.2. The van der Waals surface area contributed by atoms with Gasteiger partial charge in [-0.3, -0.25) is 9.59 Å². The van der Waals surface area contributed by atoms with E-state index in [9.17, 15) is 9.59 Å². The van der Waals surface area contributed by atoms with Crippen molar-refractivity contribution in [2.45, 2.75) is 0 Å². The zero-order chi connectivity index (χ0) is 19.2. The minimum absolute atomic E-state index is 0.170. The number of nitrogens with zero attached hydrogens (tertiary/aromatic N) is 1. The van der Waals surface area contributed by atoms with Crippen molar-refractivity contribution in [3.63, 3.8) is 0 Å². The number of aromatic nitrogens is 2. The molecule has 2 N–H and O–H groups in total. The van der Waals surface area contributed by atoms with Crippen molar-refractivity contribution in [2.75, 3.05) is 27.2 Å². The predicted molar refractivity (Wildman–Crippen MR) is 103 cm³/mol. The highest BCUT2D eigenvalue weighted by atomic mass is 16.5. The Morgan fingerprint density at radius 3 is 2.15 bits per heavy atom. The van der Waals surface area contributed by atoms with Crippen LogP contribution < -0.4 is 26.6 Å². The van der Waals surface area contributed by atoms with Gasteiger partial charge in [0.2, 0.25) is 0 Å². The maximum atomic E-state index is 12.3. The fourth-order valence-electron chi connectivity index (χ4n) is 2.39. The summed E-state index contributed by atoms with van der Waals surface area (Å²) in [5.41, 5.74) is 0.710. The van der Waals surface area contributed by atoms with Gasteiger partial charge in [0, 0.05) is 12.1 Å². The lowest BCUT2D eigenvalue weighted by molar-refractivity contribution is 0.261. The smallest absolute Gasteiger partial charge is 0.272 e. The Labute approximate surface area is 155 Å². The average molecular weight is 367 g/mol. The zero-order valence-corrected chi connectivity index (χ0v) is 15.2. The maximum Gasteiger partial charge on any atom is 0.272 e. The Bertz CT molecular complexity index is 1110. The molecular weight excluding hydrogens is 346 g/mol. The molecule has 1 aromatic carbocycles. The van der Waals surface area contributed by atoms with Crippen LogP contribution in [-0.2, 0) is 0 Å². The number of aromatic amines is 2. The summed E-state index contributed by atoms with van der Waals surface area (Å²) in [6.45, 7) is 1.42. The molecule has 0 aliphatic rings. The summed E-state index contributed by atoms with van der Waals surface area (Å²) in [6, 6.07) is 9.01. The van der Waals surface area contributed by atoms with E-state index in [1.165, 1.54) is 12.5 Å². The normalized spacial score (nSPS) is 12.7. The van der Waals surface area contributed by atoms with Crippen molar-refractivity contribution in [2.24, 2.45) is 0 Å².